The van der Waals surface area contributed by atoms with E-state index in [0.29, 0.717) is 11.7 Å². The Labute approximate surface area is 85.7 Å². The van der Waals surface area contributed by atoms with Crippen LogP contribution in [0.25, 0.3) is 11.4 Å². The van der Waals surface area contributed by atoms with Crippen molar-refractivity contribution in [2.45, 2.75) is 19.4 Å². The van der Waals surface area contributed by atoms with Crippen LogP contribution in [0.15, 0.2) is 21.3 Å². The summed E-state index contributed by atoms with van der Waals surface area (Å²) in [6, 6.07) is 1.80. The zero-order chi connectivity index (χ0) is 9.97. The first-order valence-electron chi connectivity index (χ1n) is 4.43. The van der Waals surface area contributed by atoms with E-state index in [1.165, 1.54) is 0 Å². The predicted molar refractivity (Wildman–Crippen MR) is 54.8 cm³/mol. The van der Waals surface area contributed by atoms with Crippen molar-refractivity contribution in [3.05, 3.63) is 22.7 Å². The van der Waals surface area contributed by atoms with Gasteiger partial charge in [-0.25, -0.2) is 0 Å². The molecule has 2 aromatic heterocycles. The fourth-order valence-electron chi connectivity index (χ4n) is 1.07. The fraction of sp³-hybridized carbons (Fsp3) is 0.333. The van der Waals surface area contributed by atoms with Gasteiger partial charge in [0.15, 0.2) is 0 Å². The van der Waals surface area contributed by atoms with Gasteiger partial charge in [-0.1, -0.05) is 12.1 Å². The Hall–Kier alpha value is -1.20. The molecule has 0 fully saturated rings. The Bertz CT molecular complexity index is 396. The highest BCUT2D eigenvalue weighted by Gasteiger charge is 2.13. The molecule has 0 aliphatic carbocycles. The molecule has 1 atom stereocenters. The van der Waals surface area contributed by atoms with Gasteiger partial charge >= 0.3 is 0 Å². The summed E-state index contributed by atoms with van der Waals surface area (Å²) in [5.41, 5.74) is 6.75. The number of hydrogen-bond donors (Lipinski definition) is 1. The first-order valence-corrected chi connectivity index (χ1v) is 5.37. The first-order chi connectivity index (χ1) is 6.81. The SMILES string of the molecule is CC[C@H](N)c1nc(-c2ccsc2)no1. The van der Waals surface area contributed by atoms with Gasteiger partial charge in [0.1, 0.15) is 0 Å². The van der Waals surface area contributed by atoms with Crippen LogP contribution in [0.1, 0.15) is 25.3 Å². The summed E-state index contributed by atoms with van der Waals surface area (Å²) in [5, 5.41) is 7.82. The molecular weight excluding hydrogens is 198 g/mol. The molecule has 2 N–H and O–H groups in total. The molecule has 0 saturated heterocycles. The average molecular weight is 209 g/mol. The van der Waals surface area contributed by atoms with Crippen LogP contribution in [0.3, 0.4) is 0 Å². The van der Waals surface area contributed by atoms with Crippen LogP contribution >= 0.6 is 11.3 Å². The zero-order valence-corrected chi connectivity index (χ0v) is 8.62. The molecule has 2 rings (SSSR count). The molecule has 14 heavy (non-hydrogen) atoms. The predicted octanol–water partition coefficient (Wildman–Crippen LogP) is 2.21. The molecule has 0 bridgehead atoms. The van der Waals surface area contributed by atoms with Gasteiger partial charge in [-0.3, -0.25) is 0 Å². The second-order valence-corrected chi connectivity index (χ2v) is 3.76. The Balaban J connectivity index is 2.26. The Kier molecular flexibility index (Phi) is 2.60. The smallest absolute Gasteiger partial charge is 0.243 e. The minimum Gasteiger partial charge on any atom is -0.337 e. The van der Waals surface area contributed by atoms with Gasteiger partial charge in [0.2, 0.25) is 11.7 Å². The lowest BCUT2D eigenvalue weighted by molar-refractivity contribution is 0.352. The monoisotopic (exact) mass is 209 g/mol. The highest BCUT2D eigenvalue weighted by Crippen LogP contribution is 2.20. The lowest BCUT2D eigenvalue weighted by atomic mass is 10.2. The molecule has 4 nitrogen and oxygen atoms in total. The minimum atomic E-state index is -0.158. The molecule has 0 radical (unpaired) electrons. The van der Waals surface area contributed by atoms with Crippen molar-refractivity contribution in [2.75, 3.05) is 0 Å². The zero-order valence-electron chi connectivity index (χ0n) is 7.80. The Morgan fingerprint density at radius 3 is 3.14 bits per heavy atom. The summed E-state index contributed by atoms with van der Waals surface area (Å²) in [7, 11) is 0. The molecule has 2 heterocycles. The van der Waals surface area contributed by atoms with Gasteiger partial charge in [-0.05, 0) is 17.9 Å². The van der Waals surface area contributed by atoms with Crippen molar-refractivity contribution in [1.82, 2.24) is 10.1 Å². The molecule has 5 heteroatoms. The Morgan fingerprint density at radius 1 is 1.64 bits per heavy atom. The maximum Gasteiger partial charge on any atom is 0.243 e. The number of aromatic nitrogens is 2. The van der Waals surface area contributed by atoms with E-state index in [1.54, 1.807) is 11.3 Å². The minimum absolute atomic E-state index is 0.158. The van der Waals surface area contributed by atoms with Crippen molar-refractivity contribution in [3.63, 3.8) is 0 Å². The summed E-state index contributed by atoms with van der Waals surface area (Å²) < 4.78 is 5.06. The van der Waals surface area contributed by atoms with Crippen molar-refractivity contribution < 1.29 is 4.52 Å². The number of hydrogen-bond acceptors (Lipinski definition) is 5. The van der Waals surface area contributed by atoms with E-state index in [1.807, 2.05) is 23.8 Å². The quantitative estimate of drug-likeness (QED) is 0.841. The first kappa shape index (κ1) is 9.36. The number of thiophene rings is 1. The number of rotatable bonds is 3. The van der Waals surface area contributed by atoms with E-state index in [-0.39, 0.29) is 6.04 Å². The fourth-order valence-corrected chi connectivity index (χ4v) is 1.70. The highest BCUT2D eigenvalue weighted by molar-refractivity contribution is 7.08. The molecular formula is C9H11N3OS. The van der Waals surface area contributed by atoms with E-state index in [2.05, 4.69) is 10.1 Å². The lowest BCUT2D eigenvalue weighted by Gasteiger charge is -1.98. The third kappa shape index (κ3) is 1.69. The molecule has 2 aromatic rings. The van der Waals surface area contributed by atoms with Gasteiger partial charge in [0, 0.05) is 10.9 Å². The van der Waals surface area contributed by atoms with Gasteiger partial charge in [-0.2, -0.15) is 16.3 Å². The summed E-state index contributed by atoms with van der Waals surface area (Å²) in [5.74, 6) is 1.12. The van der Waals surface area contributed by atoms with Gasteiger partial charge in [0.05, 0.1) is 6.04 Å². The number of nitrogens with two attached hydrogens (primary N) is 1. The molecule has 0 unspecified atom stereocenters. The van der Waals surface area contributed by atoms with E-state index in [9.17, 15) is 0 Å². The summed E-state index contributed by atoms with van der Waals surface area (Å²) in [6.45, 7) is 1.99. The largest absolute Gasteiger partial charge is 0.337 e. The lowest BCUT2D eigenvalue weighted by Crippen LogP contribution is -2.08. The summed E-state index contributed by atoms with van der Waals surface area (Å²) in [4.78, 5) is 4.23. The van der Waals surface area contributed by atoms with E-state index in [0.717, 1.165) is 12.0 Å². The van der Waals surface area contributed by atoms with Crippen molar-refractivity contribution >= 4 is 11.3 Å². The second-order valence-electron chi connectivity index (χ2n) is 2.98. The van der Waals surface area contributed by atoms with Gasteiger partial charge in [-0.15, -0.1) is 0 Å². The summed E-state index contributed by atoms with van der Waals surface area (Å²) in [6.07, 6.45) is 0.797. The number of nitrogens with zero attached hydrogens (tertiary/aromatic N) is 2. The third-order valence-corrected chi connectivity index (χ3v) is 2.66. The van der Waals surface area contributed by atoms with Gasteiger partial charge < -0.3 is 10.3 Å². The van der Waals surface area contributed by atoms with Crippen molar-refractivity contribution in [3.8, 4) is 11.4 Å². The second kappa shape index (κ2) is 3.89. The van der Waals surface area contributed by atoms with Crippen LogP contribution < -0.4 is 5.73 Å². The van der Waals surface area contributed by atoms with E-state index >= 15 is 0 Å². The van der Waals surface area contributed by atoms with Crippen LogP contribution in [-0.2, 0) is 0 Å². The van der Waals surface area contributed by atoms with Gasteiger partial charge in [0.25, 0.3) is 0 Å². The van der Waals surface area contributed by atoms with Crippen LogP contribution in [0, 0.1) is 0 Å². The van der Waals surface area contributed by atoms with E-state index < -0.39 is 0 Å². The van der Waals surface area contributed by atoms with Crippen LogP contribution in [0.4, 0.5) is 0 Å². The van der Waals surface area contributed by atoms with Crippen LogP contribution in [0.5, 0.6) is 0 Å². The molecule has 0 amide bonds. The third-order valence-electron chi connectivity index (χ3n) is 1.98. The molecule has 0 saturated carbocycles. The molecule has 74 valence electrons. The normalized spacial score (nSPS) is 13.0. The highest BCUT2D eigenvalue weighted by atomic mass is 32.1. The van der Waals surface area contributed by atoms with E-state index in [4.69, 9.17) is 10.3 Å². The standard InChI is InChI=1S/C9H11N3OS/c1-2-7(10)9-11-8(12-13-9)6-3-4-14-5-6/h3-5,7H,2,10H2,1H3/t7-/m0/s1. The van der Waals surface area contributed by atoms with Crippen LogP contribution in [0.2, 0.25) is 0 Å². The molecule has 0 spiro atoms. The summed E-state index contributed by atoms with van der Waals surface area (Å²) >= 11 is 1.60. The average Bonchev–Trinajstić information content (AvgIpc) is 2.86. The topological polar surface area (TPSA) is 64.9 Å². The van der Waals surface area contributed by atoms with Crippen LogP contribution in [-0.4, -0.2) is 10.1 Å². The molecule has 0 aliphatic rings. The van der Waals surface area contributed by atoms with Crippen molar-refractivity contribution in [1.29, 1.82) is 0 Å². The van der Waals surface area contributed by atoms with Crippen molar-refractivity contribution in [2.24, 2.45) is 5.73 Å². The maximum atomic E-state index is 5.77. The Morgan fingerprint density at radius 2 is 2.50 bits per heavy atom. The maximum absolute atomic E-state index is 5.77. The molecule has 0 aliphatic heterocycles. The molecule has 0 aromatic carbocycles.